The summed E-state index contributed by atoms with van der Waals surface area (Å²) in [5, 5.41) is 8.63. The summed E-state index contributed by atoms with van der Waals surface area (Å²) in [6, 6.07) is 1.25. The molecular formula is C9H8F3NO2. The van der Waals surface area contributed by atoms with Crippen molar-refractivity contribution in [3.63, 3.8) is 0 Å². The zero-order valence-electron chi connectivity index (χ0n) is 7.51. The van der Waals surface area contributed by atoms with Crippen molar-refractivity contribution in [3.8, 4) is 0 Å². The summed E-state index contributed by atoms with van der Waals surface area (Å²) < 4.78 is 39.0. The van der Waals surface area contributed by atoms with E-state index in [1.807, 2.05) is 0 Å². The van der Waals surface area contributed by atoms with E-state index in [1.54, 1.807) is 0 Å². The van der Waals surface area contributed by atoms with Crippen molar-refractivity contribution in [2.75, 3.05) is 6.54 Å². The Morgan fingerprint density at radius 3 is 2.33 bits per heavy atom. The lowest BCUT2D eigenvalue weighted by Crippen LogP contribution is -2.23. The van der Waals surface area contributed by atoms with Crippen LogP contribution >= 0.6 is 0 Å². The van der Waals surface area contributed by atoms with Crippen LogP contribution < -0.4 is 5.73 Å². The molecule has 0 aliphatic rings. The van der Waals surface area contributed by atoms with Gasteiger partial charge in [0.25, 0.3) is 0 Å². The lowest BCUT2D eigenvalue weighted by molar-refractivity contribution is -0.138. The third-order valence-corrected chi connectivity index (χ3v) is 1.96. The fourth-order valence-electron chi connectivity index (χ4n) is 1.20. The Balaban J connectivity index is 3.34. The van der Waals surface area contributed by atoms with E-state index in [4.69, 9.17) is 10.8 Å². The van der Waals surface area contributed by atoms with Gasteiger partial charge in [0.15, 0.2) is 11.6 Å². The quantitative estimate of drug-likeness (QED) is 0.751. The van der Waals surface area contributed by atoms with Crippen LogP contribution in [0.2, 0.25) is 0 Å². The maximum absolute atomic E-state index is 13.1. The molecule has 1 unspecified atom stereocenters. The van der Waals surface area contributed by atoms with E-state index in [9.17, 15) is 18.0 Å². The molecule has 3 N–H and O–H groups in total. The molecular weight excluding hydrogens is 211 g/mol. The van der Waals surface area contributed by atoms with Crippen LogP contribution in [0.4, 0.5) is 13.2 Å². The summed E-state index contributed by atoms with van der Waals surface area (Å²) in [5.41, 5.74) is 4.21. The molecule has 0 saturated heterocycles. The molecule has 0 heterocycles. The van der Waals surface area contributed by atoms with Crippen molar-refractivity contribution in [2.24, 2.45) is 5.73 Å². The number of benzene rings is 1. The lowest BCUT2D eigenvalue weighted by Gasteiger charge is -2.12. The van der Waals surface area contributed by atoms with Crippen LogP contribution in [-0.4, -0.2) is 17.6 Å². The monoisotopic (exact) mass is 219 g/mol. The van der Waals surface area contributed by atoms with E-state index in [-0.39, 0.29) is 0 Å². The van der Waals surface area contributed by atoms with Gasteiger partial charge in [-0.3, -0.25) is 4.79 Å². The molecule has 0 amide bonds. The maximum Gasteiger partial charge on any atom is 0.312 e. The largest absolute Gasteiger partial charge is 0.481 e. The van der Waals surface area contributed by atoms with Crippen LogP contribution in [0.15, 0.2) is 12.1 Å². The molecule has 6 heteroatoms. The van der Waals surface area contributed by atoms with Crippen LogP contribution in [0.5, 0.6) is 0 Å². The molecule has 3 nitrogen and oxygen atoms in total. The third-order valence-electron chi connectivity index (χ3n) is 1.96. The summed E-state index contributed by atoms with van der Waals surface area (Å²) in [6.07, 6.45) is 0. The number of carbonyl (C=O) groups is 1. The van der Waals surface area contributed by atoms with Crippen LogP contribution in [0.3, 0.4) is 0 Å². The van der Waals surface area contributed by atoms with E-state index in [0.29, 0.717) is 12.1 Å². The summed E-state index contributed by atoms with van der Waals surface area (Å²) in [7, 11) is 0. The standard InChI is InChI=1S/C9H8F3NO2/c10-5-1-2-6(11)8(12)7(5)4(3-13)9(14)15/h1-2,4H,3,13H2,(H,14,15). The topological polar surface area (TPSA) is 63.3 Å². The van der Waals surface area contributed by atoms with E-state index in [1.165, 1.54) is 0 Å². The van der Waals surface area contributed by atoms with Crippen LogP contribution in [-0.2, 0) is 4.79 Å². The highest BCUT2D eigenvalue weighted by atomic mass is 19.2. The van der Waals surface area contributed by atoms with Crippen molar-refractivity contribution in [2.45, 2.75) is 5.92 Å². The Kier molecular flexibility index (Phi) is 3.31. The minimum Gasteiger partial charge on any atom is -0.481 e. The van der Waals surface area contributed by atoms with Gasteiger partial charge in [-0.25, -0.2) is 13.2 Å². The van der Waals surface area contributed by atoms with Crippen LogP contribution in [0.1, 0.15) is 11.5 Å². The number of hydrogen-bond acceptors (Lipinski definition) is 2. The zero-order chi connectivity index (χ0) is 11.6. The number of carboxylic acid groups (broad SMARTS) is 1. The third kappa shape index (κ3) is 2.10. The van der Waals surface area contributed by atoms with Gasteiger partial charge in [0.2, 0.25) is 0 Å². The molecule has 0 spiro atoms. The van der Waals surface area contributed by atoms with Gasteiger partial charge in [-0.15, -0.1) is 0 Å². The van der Waals surface area contributed by atoms with Crippen LogP contribution in [0.25, 0.3) is 0 Å². The minimum atomic E-state index is -1.58. The number of hydrogen-bond donors (Lipinski definition) is 2. The second-order valence-electron chi connectivity index (χ2n) is 2.88. The molecule has 1 aromatic rings. The normalized spacial score (nSPS) is 12.5. The molecule has 0 aliphatic carbocycles. The fourth-order valence-corrected chi connectivity index (χ4v) is 1.20. The number of nitrogens with two attached hydrogens (primary N) is 1. The predicted molar refractivity (Wildman–Crippen MR) is 45.7 cm³/mol. The molecule has 0 fully saturated rings. The first-order valence-electron chi connectivity index (χ1n) is 4.05. The van der Waals surface area contributed by atoms with Crippen LogP contribution in [0, 0.1) is 17.5 Å². The first kappa shape index (κ1) is 11.5. The fraction of sp³-hybridized carbons (Fsp3) is 0.222. The summed E-state index contributed by atoms with van der Waals surface area (Å²) >= 11 is 0. The Labute approximate surface area is 83.3 Å². The van der Waals surface area contributed by atoms with Crippen molar-refractivity contribution in [1.82, 2.24) is 0 Å². The van der Waals surface area contributed by atoms with Crippen molar-refractivity contribution in [3.05, 3.63) is 35.1 Å². The van der Waals surface area contributed by atoms with Crippen molar-refractivity contribution < 1.29 is 23.1 Å². The van der Waals surface area contributed by atoms with E-state index in [0.717, 1.165) is 0 Å². The Morgan fingerprint density at radius 2 is 1.87 bits per heavy atom. The molecule has 1 atom stereocenters. The van der Waals surface area contributed by atoms with Gasteiger partial charge in [-0.2, -0.15) is 0 Å². The SMILES string of the molecule is NCC(C(=O)O)c1c(F)ccc(F)c1F. The second kappa shape index (κ2) is 4.31. The molecule has 0 saturated carbocycles. The highest BCUT2D eigenvalue weighted by Crippen LogP contribution is 2.24. The molecule has 0 aromatic heterocycles. The highest BCUT2D eigenvalue weighted by molar-refractivity contribution is 5.76. The predicted octanol–water partition coefficient (Wildman–Crippen LogP) is 1.23. The smallest absolute Gasteiger partial charge is 0.312 e. The van der Waals surface area contributed by atoms with Gasteiger partial charge in [0.1, 0.15) is 5.82 Å². The van der Waals surface area contributed by atoms with E-state index < -0.39 is 41.4 Å². The van der Waals surface area contributed by atoms with Crippen molar-refractivity contribution in [1.29, 1.82) is 0 Å². The average molecular weight is 219 g/mol. The highest BCUT2D eigenvalue weighted by Gasteiger charge is 2.27. The van der Waals surface area contributed by atoms with Gasteiger partial charge in [-0.05, 0) is 12.1 Å². The summed E-state index contributed by atoms with van der Waals surface area (Å²) in [6.45, 7) is -0.507. The Morgan fingerprint density at radius 1 is 1.33 bits per heavy atom. The molecule has 0 radical (unpaired) electrons. The minimum absolute atomic E-state index is 0.507. The second-order valence-corrected chi connectivity index (χ2v) is 2.88. The summed E-state index contributed by atoms with van der Waals surface area (Å²) in [5.74, 6) is -7.01. The molecule has 15 heavy (non-hydrogen) atoms. The molecule has 1 aromatic carbocycles. The number of aliphatic carboxylic acids is 1. The lowest BCUT2D eigenvalue weighted by atomic mass is 9.98. The van der Waals surface area contributed by atoms with Crippen molar-refractivity contribution >= 4 is 5.97 Å². The van der Waals surface area contributed by atoms with Gasteiger partial charge in [0.05, 0.1) is 5.92 Å². The Hall–Kier alpha value is -1.56. The average Bonchev–Trinajstić information content (AvgIpc) is 2.18. The van der Waals surface area contributed by atoms with E-state index >= 15 is 0 Å². The number of carboxylic acids is 1. The number of rotatable bonds is 3. The Bertz CT molecular complexity index is 395. The van der Waals surface area contributed by atoms with E-state index in [2.05, 4.69) is 0 Å². The van der Waals surface area contributed by atoms with Gasteiger partial charge in [-0.1, -0.05) is 0 Å². The molecule has 1 rings (SSSR count). The first-order valence-corrected chi connectivity index (χ1v) is 4.05. The zero-order valence-corrected chi connectivity index (χ0v) is 7.51. The number of halogens is 3. The van der Waals surface area contributed by atoms with Gasteiger partial charge < -0.3 is 10.8 Å². The summed E-state index contributed by atoms with van der Waals surface area (Å²) in [4.78, 5) is 10.6. The maximum atomic E-state index is 13.1. The molecule has 0 bridgehead atoms. The first-order chi connectivity index (χ1) is 6.99. The van der Waals surface area contributed by atoms with Gasteiger partial charge >= 0.3 is 5.97 Å². The molecule has 82 valence electrons. The van der Waals surface area contributed by atoms with Gasteiger partial charge in [0, 0.05) is 12.1 Å². The molecule has 0 aliphatic heterocycles.